The summed E-state index contributed by atoms with van der Waals surface area (Å²) in [6.07, 6.45) is 7.80. The van der Waals surface area contributed by atoms with Crippen LogP contribution in [0.3, 0.4) is 0 Å². The largest absolute Gasteiger partial charge is 0.493 e. The van der Waals surface area contributed by atoms with Crippen molar-refractivity contribution in [3.05, 3.63) is 16.1 Å². The van der Waals surface area contributed by atoms with E-state index in [0.717, 1.165) is 64.2 Å². The second-order valence-corrected chi connectivity index (χ2v) is 9.85. The zero-order valence-electron chi connectivity index (χ0n) is 17.3. The molecule has 1 aliphatic carbocycles. The lowest BCUT2D eigenvalue weighted by atomic mass is 9.76. The molecule has 154 valence electrons. The number of nitrogens with two attached hydrogens (primary N) is 1. The van der Waals surface area contributed by atoms with Crippen LogP contribution in [0.5, 0.6) is 5.75 Å². The van der Waals surface area contributed by atoms with E-state index in [1.165, 1.54) is 12.8 Å². The molecule has 0 aromatic heterocycles. The Bertz CT molecular complexity index is 625. The van der Waals surface area contributed by atoms with Gasteiger partial charge in [0.2, 0.25) is 0 Å². The summed E-state index contributed by atoms with van der Waals surface area (Å²) in [5.41, 5.74) is 7.81. The normalized spacial score (nSPS) is 23.6. The van der Waals surface area contributed by atoms with Crippen molar-refractivity contribution in [2.45, 2.75) is 83.1 Å². The number of rotatable bonds is 10. The second-order valence-electron chi connectivity index (χ2n) is 7.89. The van der Waals surface area contributed by atoms with Crippen LogP contribution in [0.4, 0.5) is 5.69 Å². The fourth-order valence-corrected chi connectivity index (χ4v) is 5.94. The van der Waals surface area contributed by atoms with E-state index in [-0.39, 0.29) is 0 Å². The fourth-order valence-electron chi connectivity index (χ4n) is 4.40. The molecule has 0 spiro atoms. The summed E-state index contributed by atoms with van der Waals surface area (Å²) in [6.45, 7) is 9.12. The van der Waals surface area contributed by atoms with Gasteiger partial charge in [0.1, 0.15) is 5.75 Å². The van der Waals surface area contributed by atoms with E-state index in [4.69, 9.17) is 10.5 Å². The van der Waals surface area contributed by atoms with Crippen LogP contribution in [0, 0.1) is 18.8 Å². The lowest BCUT2D eigenvalue weighted by Crippen LogP contribution is -2.40. The fraction of sp³-hybridized carbons (Fsp3) is 0.727. The third-order valence-corrected chi connectivity index (χ3v) is 8.28. The molecule has 2 rings (SSSR count). The predicted molar refractivity (Wildman–Crippen MR) is 121 cm³/mol. The minimum atomic E-state index is -0.433. The first-order chi connectivity index (χ1) is 12.8. The molecule has 0 saturated heterocycles. The number of anilines is 1. The van der Waals surface area contributed by atoms with E-state index < -0.39 is 5.60 Å². The zero-order valence-corrected chi connectivity index (χ0v) is 19.7. The highest BCUT2D eigenvalue weighted by molar-refractivity contribution is 9.10. The molecule has 3 nitrogen and oxygen atoms in total. The monoisotopic (exact) mass is 457 g/mol. The van der Waals surface area contributed by atoms with Crippen LogP contribution in [0.15, 0.2) is 15.4 Å². The molecule has 0 radical (unpaired) electrons. The van der Waals surface area contributed by atoms with Gasteiger partial charge < -0.3 is 15.6 Å². The number of hydrogen-bond acceptors (Lipinski definition) is 4. The van der Waals surface area contributed by atoms with Gasteiger partial charge in [-0.1, -0.05) is 49.0 Å². The lowest BCUT2D eigenvalue weighted by molar-refractivity contribution is -0.0513. The van der Waals surface area contributed by atoms with Crippen LogP contribution in [0.2, 0.25) is 0 Å². The van der Waals surface area contributed by atoms with Crippen LogP contribution in [0.1, 0.15) is 71.3 Å². The summed E-state index contributed by atoms with van der Waals surface area (Å²) in [5, 5.41) is 11.1. The summed E-state index contributed by atoms with van der Waals surface area (Å²) in [4.78, 5) is 1.06. The highest BCUT2D eigenvalue weighted by atomic mass is 79.9. The molecule has 27 heavy (non-hydrogen) atoms. The maximum Gasteiger partial charge on any atom is 0.136 e. The minimum absolute atomic E-state index is 0.430. The Morgan fingerprint density at radius 1 is 1.41 bits per heavy atom. The number of halogens is 1. The quantitative estimate of drug-likeness (QED) is 0.236. The Labute approximate surface area is 178 Å². The second kappa shape index (κ2) is 10.4. The van der Waals surface area contributed by atoms with E-state index in [1.54, 1.807) is 11.8 Å². The van der Waals surface area contributed by atoms with Gasteiger partial charge in [-0.05, 0) is 68.7 Å². The Kier molecular flexibility index (Phi) is 8.82. The van der Waals surface area contributed by atoms with Crippen molar-refractivity contribution < 1.29 is 9.84 Å². The molecule has 0 aliphatic heterocycles. The Morgan fingerprint density at radius 2 is 2.15 bits per heavy atom. The highest BCUT2D eigenvalue weighted by Crippen LogP contribution is 2.44. The summed E-state index contributed by atoms with van der Waals surface area (Å²) in [7, 11) is 0. The first-order valence-corrected chi connectivity index (χ1v) is 12.2. The smallest absolute Gasteiger partial charge is 0.136 e. The van der Waals surface area contributed by atoms with E-state index in [2.05, 4.69) is 29.8 Å². The third kappa shape index (κ3) is 5.36. The van der Waals surface area contributed by atoms with Crippen LogP contribution < -0.4 is 10.5 Å². The third-order valence-electron chi connectivity index (χ3n) is 6.25. The van der Waals surface area contributed by atoms with Gasteiger partial charge in [-0.15, -0.1) is 11.8 Å². The first-order valence-electron chi connectivity index (χ1n) is 10.4. The lowest BCUT2D eigenvalue weighted by Gasteiger charge is -2.36. The number of aliphatic hydroxyl groups is 1. The maximum atomic E-state index is 11.1. The Hall–Kier alpha value is -0.390. The van der Waals surface area contributed by atoms with Crippen molar-refractivity contribution >= 4 is 33.4 Å². The molecule has 5 heteroatoms. The van der Waals surface area contributed by atoms with Gasteiger partial charge >= 0.3 is 0 Å². The van der Waals surface area contributed by atoms with Crippen LogP contribution >= 0.6 is 27.7 Å². The van der Waals surface area contributed by atoms with E-state index in [0.29, 0.717) is 18.4 Å². The number of ether oxygens (including phenoxy) is 1. The standard InChI is InChI=1S/C22H36BrNO2S/c1-5-17(22(25)12-9-10-15(22)3)11-7-8-13-27-21-19(26-6-2)14-18(23)16(4)20(21)24/h14-15,17,25H,5-13,24H2,1-4H3. The maximum absolute atomic E-state index is 11.1. The van der Waals surface area contributed by atoms with Crippen LogP contribution in [0.25, 0.3) is 0 Å². The van der Waals surface area contributed by atoms with Gasteiger partial charge in [0.05, 0.1) is 22.8 Å². The average Bonchev–Trinajstić information content (AvgIpc) is 2.98. The highest BCUT2D eigenvalue weighted by Gasteiger charge is 2.43. The molecule has 3 N–H and O–H groups in total. The van der Waals surface area contributed by atoms with Crippen molar-refractivity contribution in [1.82, 2.24) is 0 Å². The molecule has 1 saturated carbocycles. The molecule has 3 unspecified atom stereocenters. The summed E-state index contributed by atoms with van der Waals surface area (Å²) in [5.74, 6) is 2.77. The Balaban J connectivity index is 1.89. The van der Waals surface area contributed by atoms with Gasteiger partial charge in [-0.25, -0.2) is 0 Å². The number of unbranched alkanes of at least 4 members (excludes halogenated alkanes) is 1. The van der Waals surface area contributed by atoms with Gasteiger partial charge in [-0.2, -0.15) is 0 Å². The number of benzene rings is 1. The molecule has 1 aliphatic rings. The molecule has 1 aromatic carbocycles. The van der Waals surface area contributed by atoms with Crippen molar-refractivity contribution in [2.75, 3.05) is 18.1 Å². The molecule has 1 fully saturated rings. The molecule has 0 amide bonds. The van der Waals surface area contributed by atoms with Crippen LogP contribution in [-0.2, 0) is 0 Å². The van der Waals surface area contributed by atoms with Crippen molar-refractivity contribution in [2.24, 2.45) is 11.8 Å². The number of hydrogen-bond donors (Lipinski definition) is 2. The first kappa shape index (κ1) is 22.9. The number of thioether (sulfide) groups is 1. The van der Waals surface area contributed by atoms with Gasteiger partial charge in [0.15, 0.2) is 0 Å². The van der Waals surface area contributed by atoms with Gasteiger partial charge in [0, 0.05) is 4.47 Å². The molecular weight excluding hydrogens is 422 g/mol. The van der Waals surface area contributed by atoms with Gasteiger partial charge in [-0.3, -0.25) is 0 Å². The van der Waals surface area contributed by atoms with E-state index in [1.807, 2.05) is 19.9 Å². The van der Waals surface area contributed by atoms with Crippen molar-refractivity contribution in [1.29, 1.82) is 0 Å². The molecule has 0 bridgehead atoms. The van der Waals surface area contributed by atoms with Gasteiger partial charge in [0.25, 0.3) is 0 Å². The minimum Gasteiger partial charge on any atom is -0.493 e. The predicted octanol–water partition coefficient (Wildman–Crippen LogP) is 6.58. The molecule has 0 heterocycles. The van der Waals surface area contributed by atoms with Crippen molar-refractivity contribution in [3.63, 3.8) is 0 Å². The molecule has 1 aromatic rings. The zero-order chi connectivity index (χ0) is 20.0. The van der Waals surface area contributed by atoms with E-state index >= 15 is 0 Å². The SMILES string of the molecule is CCOc1cc(Br)c(C)c(N)c1SCCCCC(CC)C1(O)CCCC1C. The van der Waals surface area contributed by atoms with Crippen molar-refractivity contribution in [3.8, 4) is 5.75 Å². The average molecular weight is 459 g/mol. The summed E-state index contributed by atoms with van der Waals surface area (Å²) in [6, 6.07) is 2.03. The molecular formula is C22H36BrNO2S. The Morgan fingerprint density at radius 3 is 2.74 bits per heavy atom. The molecule has 3 atom stereocenters. The summed E-state index contributed by atoms with van der Waals surface area (Å²) < 4.78 is 6.79. The van der Waals surface area contributed by atoms with Crippen LogP contribution in [-0.4, -0.2) is 23.1 Å². The topological polar surface area (TPSA) is 55.5 Å². The summed E-state index contributed by atoms with van der Waals surface area (Å²) >= 11 is 5.36. The van der Waals surface area contributed by atoms with E-state index in [9.17, 15) is 5.11 Å². The number of nitrogen functional groups attached to an aromatic ring is 1.